The topological polar surface area (TPSA) is 75.4 Å². The van der Waals surface area contributed by atoms with Crippen molar-refractivity contribution in [2.24, 2.45) is 0 Å². The van der Waals surface area contributed by atoms with Gasteiger partial charge in [0.25, 0.3) is 0 Å². The Hall–Kier alpha value is -1.43. The second-order valence-electron chi connectivity index (χ2n) is 4.24. The molecule has 0 amide bonds. The van der Waals surface area contributed by atoms with E-state index in [1.54, 1.807) is 0 Å². The first-order valence-electron chi connectivity index (χ1n) is 5.75. The minimum absolute atomic E-state index is 0.261. The summed E-state index contributed by atoms with van der Waals surface area (Å²) in [6.07, 6.45) is 2.35. The molecule has 2 rings (SSSR count). The van der Waals surface area contributed by atoms with E-state index in [0.29, 0.717) is 10.9 Å². The molecule has 0 saturated carbocycles. The second kappa shape index (κ2) is 5.48. The number of hydrogen-bond donors (Lipinski definition) is 3. The minimum Gasteiger partial charge on any atom is -0.478 e. The molecule has 1 saturated heterocycles. The quantitative estimate of drug-likeness (QED) is 0.733. The van der Waals surface area contributed by atoms with E-state index in [2.05, 4.69) is 5.32 Å². The highest BCUT2D eigenvalue weighted by atomic mass is 32.2. The molecule has 0 aliphatic carbocycles. The van der Waals surface area contributed by atoms with Crippen LogP contribution in [-0.4, -0.2) is 28.6 Å². The van der Waals surface area contributed by atoms with Crippen LogP contribution in [0.5, 0.6) is 0 Å². The molecule has 98 valence electrons. The van der Waals surface area contributed by atoms with Gasteiger partial charge >= 0.3 is 5.97 Å². The fraction of sp³-hybridized carbons (Fsp3) is 0.417. The minimum atomic E-state index is -1.31. The first-order valence-corrected chi connectivity index (χ1v) is 6.80. The average Bonchev–Trinajstić information content (AvgIpc) is 2.82. The van der Waals surface area contributed by atoms with Crippen LogP contribution >= 0.6 is 11.8 Å². The zero-order valence-electron chi connectivity index (χ0n) is 9.78. The van der Waals surface area contributed by atoms with Crippen molar-refractivity contribution in [3.8, 4) is 0 Å². The second-order valence-corrected chi connectivity index (χ2v) is 5.65. The molecule has 1 aliphatic heterocycles. The van der Waals surface area contributed by atoms with Gasteiger partial charge in [-0.25, -0.2) is 9.18 Å². The van der Waals surface area contributed by atoms with E-state index in [1.165, 1.54) is 6.42 Å². The highest BCUT2D eigenvalue weighted by Gasteiger charge is 2.17. The number of aromatic carboxylic acids is 1. The number of carboxylic acid groups (broad SMARTS) is 1. The lowest BCUT2D eigenvalue weighted by Crippen LogP contribution is -2.15. The van der Waals surface area contributed by atoms with Gasteiger partial charge in [-0.15, -0.1) is 0 Å². The number of rotatable bonds is 4. The van der Waals surface area contributed by atoms with Crippen LogP contribution in [0.1, 0.15) is 23.2 Å². The van der Waals surface area contributed by atoms with Crippen LogP contribution in [0.25, 0.3) is 0 Å². The molecule has 1 fully saturated rings. The summed E-state index contributed by atoms with van der Waals surface area (Å²) >= 11 is 1.89. The Morgan fingerprint density at radius 3 is 3.00 bits per heavy atom. The van der Waals surface area contributed by atoms with Crippen LogP contribution in [0.4, 0.5) is 15.8 Å². The molecule has 1 aromatic rings. The van der Waals surface area contributed by atoms with E-state index in [-0.39, 0.29) is 5.69 Å². The van der Waals surface area contributed by atoms with Crippen molar-refractivity contribution in [3.05, 3.63) is 23.5 Å². The Bertz CT molecular complexity index is 462. The van der Waals surface area contributed by atoms with Crippen molar-refractivity contribution in [3.63, 3.8) is 0 Å². The number of thioether (sulfide) groups is 1. The van der Waals surface area contributed by atoms with Gasteiger partial charge in [0.15, 0.2) is 0 Å². The molecule has 1 aliphatic rings. The standard InChI is InChI=1S/C12H15FN2O2S/c13-9-5-11(10(14)4-8(9)12(16)17)15-6-7-2-1-3-18-7/h4-5,7,15H,1-3,6,14H2,(H,16,17). The molecule has 18 heavy (non-hydrogen) atoms. The summed E-state index contributed by atoms with van der Waals surface area (Å²) in [5.41, 5.74) is 6.04. The predicted molar refractivity (Wildman–Crippen MR) is 71.7 cm³/mol. The number of benzene rings is 1. The maximum atomic E-state index is 13.5. The van der Waals surface area contributed by atoms with Gasteiger partial charge in [0.2, 0.25) is 0 Å². The zero-order chi connectivity index (χ0) is 13.1. The molecular formula is C12H15FN2O2S. The third kappa shape index (κ3) is 2.87. The smallest absolute Gasteiger partial charge is 0.338 e. The molecule has 1 aromatic carbocycles. The third-order valence-electron chi connectivity index (χ3n) is 2.91. The molecule has 0 aromatic heterocycles. The van der Waals surface area contributed by atoms with E-state index >= 15 is 0 Å². The number of anilines is 2. The first kappa shape index (κ1) is 13.0. The fourth-order valence-corrected chi connectivity index (χ4v) is 3.14. The van der Waals surface area contributed by atoms with Crippen LogP contribution in [0, 0.1) is 5.82 Å². The Balaban J connectivity index is 2.08. The van der Waals surface area contributed by atoms with Crippen molar-refractivity contribution in [2.45, 2.75) is 18.1 Å². The van der Waals surface area contributed by atoms with Gasteiger partial charge in [-0.3, -0.25) is 0 Å². The summed E-state index contributed by atoms with van der Waals surface area (Å²) in [5.74, 6) is -0.913. The lowest BCUT2D eigenvalue weighted by Gasteiger charge is -2.14. The lowest BCUT2D eigenvalue weighted by atomic mass is 10.1. The average molecular weight is 270 g/mol. The Labute approximate surface area is 109 Å². The number of nitrogens with one attached hydrogen (secondary N) is 1. The van der Waals surface area contributed by atoms with Crippen molar-refractivity contribution in [1.82, 2.24) is 0 Å². The van der Waals surface area contributed by atoms with Crippen LogP contribution in [-0.2, 0) is 0 Å². The largest absolute Gasteiger partial charge is 0.478 e. The SMILES string of the molecule is Nc1cc(C(=O)O)c(F)cc1NCC1CCCS1. The molecule has 0 radical (unpaired) electrons. The summed E-state index contributed by atoms with van der Waals surface area (Å²) in [7, 11) is 0. The Morgan fingerprint density at radius 1 is 1.61 bits per heavy atom. The number of halogens is 1. The molecule has 1 unspecified atom stereocenters. The molecule has 1 heterocycles. The molecule has 4 nitrogen and oxygen atoms in total. The van der Waals surface area contributed by atoms with Gasteiger partial charge < -0.3 is 16.2 Å². The van der Waals surface area contributed by atoms with E-state index in [4.69, 9.17) is 10.8 Å². The predicted octanol–water partition coefficient (Wildman–Crippen LogP) is 2.41. The van der Waals surface area contributed by atoms with Gasteiger partial charge in [-0.2, -0.15) is 11.8 Å². The molecule has 4 N–H and O–H groups in total. The van der Waals surface area contributed by atoms with Crippen molar-refractivity contribution >= 4 is 29.1 Å². The highest BCUT2D eigenvalue weighted by molar-refractivity contribution is 8.00. The molecule has 6 heteroatoms. The van der Waals surface area contributed by atoms with Gasteiger partial charge in [-0.1, -0.05) is 0 Å². The van der Waals surface area contributed by atoms with Crippen molar-refractivity contribution in [1.29, 1.82) is 0 Å². The molecule has 0 bridgehead atoms. The third-order valence-corrected chi connectivity index (χ3v) is 4.31. The van der Waals surface area contributed by atoms with Crippen LogP contribution < -0.4 is 11.1 Å². The molecule has 0 spiro atoms. The van der Waals surface area contributed by atoms with E-state index in [0.717, 1.165) is 30.9 Å². The summed E-state index contributed by atoms with van der Waals surface area (Å²) in [5, 5.41) is 12.4. The van der Waals surface area contributed by atoms with Crippen LogP contribution in [0.3, 0.4) is 0 Å². The van der Waals surface area contributed by atoms with Gasteiger partial charge in [-0.05, 0) is 30.7 Å². The first-order chi connectivity index (χ1) is 8.58. The molecular weight excluding hydrogens is 255 g/mol. The fourth-order valence-electron chi connectivity index (χ4n) is 1.94. The normalized spacial score (nSPS) is 18.8. The Kier molecular flexibility index (Phi) is 3.96. The number of carbonyl (C=O) groups is 1. The van der Waals surface area contributed by atoms with E-state index < -0.39 is 17.3 Å². The molecule has 1 atom stereocenters. The van der Waals surface area contributed by atoms with Gasteiger partial charge in [0.05, 0.1) is 16.9 Å². The van der Waals surface area contributed by atoms with E-state index in [9.17, 15) is 9.18 Å². The Morgan fingerprint density at radius 2 is 2.39 bits per heavy atom. The highest BCUT2D eigenvalue weighted by Crippen LogP contribution is 2.28. The number of nitrogens with two attached hydrogens (primary N) is 1. The zero-order valence-corrected chi connectivity index (χ0v) is 10.6. The monoisotopic (exact) mass is 270 g/mol. The number of nitrogen functional groups attached to an aromatic ring is 1. The van der Waals surface area contributed by atoms with Gasteiger partial charge in [0.1, 0.15) is 5.82 Å². The van der Waals surface area contributed by atoms with Crippen molar-refractivity contribution in [2.75, 3.05) is 23.3 Å². The number of hydrogen-bond acceptors (Lipinski definition) is 4. The number of carboxylic acids is 1. The van der Waals surface area contributed by atoms with Gasteiger partial charge in [0, 0.05) is 11.8 Å². The van der Waals surface area contributed by atoms with Crippen molar-refractivity contribution < 1.29 is 14.3 Å². The maximum absolute atomic E-state index is 13.5. The summed E-state index contributed by atoms with van der Waals surface area (Å²) < 4.78 is 13.5. The van der Waals surface area contributed by atoms with Crippen LogP contribution in [0.2, 0.25) is 0 Å². The summed E-state index contributed by atoms with van der Waals surface area (Å²) in [6, 6.07) is 2.31. The maximum Gasteiger partial charge on any atom is 0.338 e. The summed E-state index contributed by atoms with van der Waals surface area (Å²) in [4.78, 5) is 10.7. The summed E-state index contributed by atoms with van der Waals surface area (Å²) in [6.45, 7) is 0.723. The van der Waals surface area contributed by atoms with Crippen LogP contribution in [0.15, 0.2) is 12.1 Å². The van der Waals surface area contributed by atoms with E-state index in [1.807, 2.05) is 11.8 Å². The lowest BCUT2D eigenvalue weighted by molar-refractivity contribution is 0.0692.